The molecule has 0 atom stereocenters. The maximum Gasteiger partial charge on any atom is 0.293 e. The summed E-state index contributed by atoms with van der Waals surface area (Å²) < 4.78 is 27.2. The molecular formula is C25H17Br2ClFNO4S. The molecule has 4 rings (SSSR count). The van der Waals surface area contributed by atoms with Gasteiger partial charge in [0.1, 0.15) is 12.4 Å². The van der Waals surface area contributed by atoms with Gasteiger partial charge in [-0.05, 0) is 81.3 Å². The number of carbonyl (C=O) groups is 2. The summed E-state index contributed by atoms with van der Waals surface area (Å²) in [6, 6.07) is 15.5. The highest BCUT2D eigenvalue weighted by molar-refractivity contribution is 9.10. The van der Waals surface area contributed by atoms with Crippen LogP contribution < -0.4 is 9.47 Å². The first-order chi connectivity index (χ1) is 16.8. The van der Waals surface area contributed by atoms with Gasteiger partial charge in [0.05, 0.1) is 23.0 Å². The molecule has 0 bridgehead atoms. The molecule has 0 N–H and O–H groups in total. The molecule has 10 heteroatoms. The van der Waals surface area contributed by atoms with Crippen molar-refractivity contribution in [3.63, 3.8) is 0 Å². The molecule has 0 aromatic heterocycles. The Bertz CT molecular complexity index is 1310. The van der Waals surface area contributed by atoms with E-state index < -0.39 is 17.0 Å². The molecule has 180 valence electrons. The fraction of sp³-hybridized carbons (Fsp3) is 0.120. The van der Waals surface area contributed by atoms with Crippen molar-refractivity contribution < 1.29 is 23.5 Å². The van der Waals surface area contributed by atoms with E-state index in [0.29, 0.717) is 28.1 Å². The summed E-state index contributed by atoms with van der Waals surface area (Å²) in [6.07, 6.45) is 1.58. The number of hydrogen-bond acceptors (Lipinski definition) is 5. The molecule has 3 aromatic carbocycles. The number of halogens is 4. The standard InChI is InChI=1S/C25H17Br2ClFNO4S/c1-33-21-10-15(9-18(27)23(21)34-13-14-5-7-16(26)8-6-14)11-22-24(31)30(25(32)35-22)12-17-19(28)3-2-4-20(17)29/h2-11H,12-13H2,1H3/b22-11+. The Hall–Kier alpha value is -2.33. The van der Waals surface area contributed by atoms with Crippen LogP contribution in [0.5, 0.6) is 11.5 Å². The van der Waals surface area contributed by atoms with Gasteiger partial charge >= 0.3 is 0 Å². The van der Waals surface area contributed by atoms with E-state index in [-0.39, 0.29) is 22.0 Å². The Morgan fingerprint density at radius 3 is 2.54 bits per heavy atom. The molecule has 35 heavy (non-hydrogen) atoms. The van der Waals surface area contributed by atoms with Crippen LogP contribution in [0.4, 0.5) is 9.18 Å². The molecule has 1 aliphatic rings. The summed E-state index contributed by atoms with van der Waals surface area (Å²) in [5, 5.41) is -0.346. The number of methoxy groups -OCH3 is 1. The van der Waals surface area contributed by atoms with Crippen molar-refractivity contribution in [2.24, 2.45) is 0 Å². The lowest BCUT2D eigenvalue weighted by Gasteiger charge is -2.14. The molecular weight excluding hydrogens is 625 g/mol. The zero-order valence-electron chi connectivity index (χ0n) is 18.2. The van der Waals surface area contributed by atoms with E-state index in [4.69, 9.17) is 21.1 Å². The molecule has 1 saturated heterocycles. The summed E-state index contributed by atoms with van der Waals surface area (Å²) >= 11 is 13.8. The van der Waals surface area contributed by atoms with Crippen LogP contribution in [0.2, 0.25) is 5.02 Å². The molecule has 0 radical (unpaired) electrons. The third-order valence-electron chi connectivity index (χ3n) is 5.10. The van der Waals surface area contributed by atoms with E-state index >= 15 is 0 Å². The molecule has 0 unspecified atom stereocenters. The van der Waals surface area contributed by atoms with E-state index in [1.54, 1.807) is 18.2 Å². The summed E-state index contributed by atoms with van der Waals surface area (Å²) in [5.41, 5.74) is 1.70. The van der Waals surface area contributed by atoms with Gasteiger partial charge < -0.3 is 9.47 Å². The van der Waals surface area contributed by atoms with E-state index in [2.05, 4.69) is 31.9 Å². The molecule has 2 amide bonds. The zero-order chi connectivity index (χ0) is 25.1. The number of amides is 2. The predicted molar refractivity (Wildman–Crippen MR) is 142 cm³/mol. The largest absolute Gasteiger partial charge is 0.493 e. The predicted octanol–water partition coefficient (Wildman–Crippen LogP) is 7.83. The van der Waals surface area contributed by atoms with Crippen molar-refractivity contribution in [2.45, 2.75) is 13.2 Å². The lowest BCUT2D eigenvalue weighted by Crippen LogP contribution is -2.28. The third kappa shape index (κ3) is 5.91. The molecule has 1 fully saturated rings. The maximum absolute atomic E-state index is 14.2. The number of thioether (sulfide) groups is 1. The first-order valence-corrected chi connectivity index (χ1v) is 13.0. The summed E-state index contributed by atoms with van der Waals surface area (Å²) in [6.45, 7) is 0.0858. The quantitative estimate of drug-likeness (QED) is 0.246. The van der Waals surface area contributed by atoms with Gasteiger partial charge in [-0.1, -0.05) is 45.7 Å². The smallest absolute Gasteiger partial charge is 0.293 e. The number of nitrogens with zero attached hydrogens (tertiary/aromatic N) is 1. The average molecular weight is 642 g/mol. The minimum atomic E-state index is -0.576. The van der Waals surface area contributed by atoms with Gasteiger partial charge in [-0.25, -0.2) is 4.39 Å². The van der Waals surface area contributed by atoms with Gasteiger partial charge in [0.15, 0.2) is 11.5 Å². The maximum atomic E-state index is 14.2. The van der Waals surface area contributed by atoms with Crippen molar-refractivity contribution in [1.29, 1.82) is 0 Å². The van der Waals surface area contributed by atoms with Crippen LogP contribution in [0, 0.1) is 5.82 Å². The van der Waals surface area contributed by atoms with Crippen LogP contribution in [-0.4, -0.2) is 23.2 Å². The molecule has 0 saturated carbocycles. The average Bonchev–Trinajstić information content (AvgIpc) is 3.08. The normalized spacial score (nSPS) is 14.7. The first-order valence-electron chi connectivity index (χ1n) is 10.2. The van der Waals surface area contributed by atoms with Crippen molar-refractivity contribution in [3.8, 4) is 11.5 Å². The van der Waals surface area contributed by atoms with E-state index in [0.717, 1.165) is 26.7 Å². The van der Waals surface area contributed by atoms with Gasteiger partial charge in [0.2, 0.25) is 0 Å². The number of ether oxygens (including phenoxy) is 2. The SMILES string of the molecule is COc1cc(/C=C2/SC(=O)N(Cc3c(F)cccc3Cl)C2=O)cc(Br)c1OCc1ccc(Br)cc1. The molecule has 5 nitrogen and oxygen atoms in total. The number of imide groups is 1. The molecule has 0 aliphatic carbocycles. The second-order valence-electron chi connectivity index (χ2n) is 7.42. The third-order valence-corrected chi connectivity index (χ3v) is 7.48. The van der Waals surface area contributed by atoms with Crippen LogP contribution in [0.1, 0.15) is 16.7 Å². The fourth-order valence-electron chi connectivity index (χ4n) is 3.33. The van der Waals surface area contributed by atoms with E-state index in [1.807, 2.05) is 24.3 Å². The Morgan fingerprint density at radius 2 is 1.86 bits per heavy atom. The summed E-state index contributed by atoms with van der Waals surface area (Å²) in [5.74, 6) is -0.132. The van der Waals surface area contributed by atoms with Crippen LogP contribution in [0.3, 0.4) is 0 Å². The number of rotatable bonds is 7. The van der Waals surface area contributed by atoms with Gasteiger partial charge in [0, 0.05) is 15.1 Å². The number of carbonyl (C=O) groups excluding carboxylic acids is 2. The summed E-state index contributed by atoms with van der Waals surface area (Å²) in [7, 11) is 1.52. The van der Waals surface area contributed by atoms with Gasteiger partial charge in [-0.15, -0.1) is 0 Å². The topological polar surface area (TPSA) is 55.8 Å². The Labute approximate surface area is 227 Å². The Balaban J connectivity index is 1.54. The van der Waals surface area contributed by atoms with Crippen molar-refractivity contribution in [2.75, 3.05) is 7.11 Å². The van der Waals surface area contributed by atoms with E-state index in [9.17, 15) is 14.0 Å². The Kier molecular flexibility index (Phi) is 8.21. The minimum Gasteiger partial charge on any atom is -0.493 e. The van der Waals surface area contributed by atoms with Crippen LogP contribution in [0.15, 0.2) is 68.4 Å². The van der Waals surface area contributed by atoms with Crippen molar-refractivity contribution >= 4 is 72.4 Å². The number of benzene rings is 3. The highest BCUT2D eigenvalue weighted by Crippen LogP contribution is 2.40. The lowest BCUT2D eigenvalue weighted by atomic mass is 10.1. The molecule has 0 spiro atoms. The monoisotopic (exact) mass is 639 g/mol. The first kappa shape index (κ1) is 25.8. The lowest BCUT2D eigenvalue weighted by molar-refractivity contribution is -0.123. The second-order valence-corrected chi connectivity index (χ2v) is 10.6. The highest BCUT2D eigenvalue weighted by atomic mass is 79.9. The molecule has 3 aromatic rings. The number of hydrogen-bond donors (Lipinski definition) is 0. The Morgan fingerprint density at radius 1 is 1.11 bits per heavy atom. The van der Waals surface area contributed by atoms with Crippen molar-refractivity contribution in [1.82, 2.24) is 4.90 Å². The molecule has 1 aliphatic heterocycles. The fourth-order valence-corrected chi connectivity index (χ4v) is 5.23. The van der Waals surface area contributed by atoms with Crippen LogP contribution >= 0.6 is 55.2 Å². The zero-order valence-corrected chi connectivity index (χ0v) is 22.9. The van der Waals surface area contributed by atoms with Gasteiger partial charge in [0.25, 0.3) is 11.1 Å². The summed E-state index contributed by atoms with van der Waals surface area (Å²) in [4.78, 5) is 26.6. The minimum absolute atomic E-state index is 0.0920. The van der Waals surface area contributed by atoms with Crippen molar-refractivity contribution in [3.05, 3.63) is 96.0 Å². The van der Waals surface area contributed by atoms with Crippen LogP contribution in [0.25, 0.3) is 6.08 Å². The van der Waals surface area contributed by atoms with Gasteiger partial charge in [-0.2, -0.15) is 0 Å². The highest BCUT2D eigenvalue weighted by Gasteiger charge is 2.36. The van der Waals surface area contributed by atoms with Crippen LogP contribution in [-0.2, 0) is 17.9 Å². The molecule has 1 heterocycles. The van der Waals surface area contributed by atoms with Gasteiger partial charge in [-0.3, -0.25) is 14.5 Å². The van der Waals surface area contributed by atoms with E-state index in [1.165, 1.54) is 25.3 Å². The second kappa shape index (κ2) is 11.2.